The minimum atomic E-state index is -0.260. The normalized spacial score (nSPS) is 18.1. The maximum atomic E-state index is 12.1. The predicted molar refractivity (Wildman–Crippen MR) is 77.7 cm³/mol. The molecule has 1 aromatic rings. The van der Waals surface area contributed by atoms with E-state index in [9.17, 15) is 9.59 Å². The van der Waals surface area contributed by atoms with Gasteiger partial charge in [-0.25, -0.2) is 0 Å². The SMILES string of the molecule is COC(=O)C1CCCN(C(=O)COc2cccc(N)c2)C1. The molecule has 2 N–H and O–H groups in total. The van der Waals surface area contributed by atoms with Crippen molar-refractivity contribution < 1.29 is 19.1 Å². The third kappa shape index (κ3) is 4.11. The van der Waals surface area contributed by atoms with Crippen molar-refractivity contribution in [3.8, 4) is 5.75 Å². The molecule has 1 atom stereocenters. The lowest BCUT2D eigenvalue weighted by Crippen LogP contribution is -2.44. The maximum Gasteiger partial charge on any atom is 0.310 e. The number of carbonyl (C=O) groups excluding carboxylic acids is 2. The van der Waals surface area contributed by atoms with E-state index in [1.54, 1.807) is 29.2 Å². The summed E-state index contributed by atoms with van der Waals surface area (Å²) >= 11 is 0. The Balaban J connectivity index is 1.86. The lowest BCUT2D eigenvalue weighted by molar-refractivity contribution is -0.149. The van der Waals surface area contributed by atoms with Crippen LogP contribution in [0.3, 0.4) is 0 Å². The van der Waals surface area contributed by atoms with Crippen LogP contribution in [0.2, 0.25) is 0 Å². The highest BCUT2D eigenvalue weighted by molar-refractivity contribution is 5.79. The van der Waals surface area contributed by atoms with Crippen LogP contribution in [0, 0.1) is 5.92 Å². The van der Waals surface area contributed by atoms with Gasteiger partial charge in [0.05, 0.1) is 13.0 Å². The number of nitrogens with zero attached hydrogens (tertiary/aromatic N) is 1. The van der Waals surface area contributed by atoms with E-state index in [1.165, 1.54) is 7.11 Å². The van der Waals surface area contributed by atoms with Gasteiger partial charge in [0.15, 0.2) is 6.61 Å². The van der Waals surface area contributed by atoms with Crippen LogP contribution >= 0.6 is 0 Å². The molecular weight excluding hydrogens is 272 g/mol. The summed E-state index contributed by atoms with van der Waals surface area (Å²) in [6.45, 7) is 0.982. The summed E-state index contributed by atoms with van der Waals surface area (Å²) in [5.41, 5.74) is 6.23. The molecule has 6 nitrogen and oxygen atoms in total. The van der Waals surface area contributed by atoms with E-state index in [-0.39, 0.29) is 24.4 Å². The summed E-state index contributed by atoms with van der Waals surface area (Å²) in [6.07, 6.45) is 1.55. The summed E-state index contributed by atoms with van der Waals surface area (Å²) in [5, 5.41) is 0. The Morgan fingerprint density at radius 1 is 1.43 bits per heavy atom. The molecule has 114 valence electrons. The van der Waals surface area contributed by atoms with Crippen molar-refractivity contribution in [1.82, 2.24) is 4.90 Å². The predicted octanol–water partition coefficient (Wildman–Crippen LogP) is 1.06. The molecule has 1 saturated heterocycles. The molecule has 1 aliphatic rings. The molecule has 1 aromatic carbocycles. The number of ether oxygens (including phenoxy) is 2. The second-order valence-electron chi connectivity index (χ2n) is 5.06. The minimum absolute atomic E-state index is 0.0582. The number of likely N-dealkylation sites (tertiary alicyclic amines) is 1. The van der Waals surface area contributed by atoms with Crippen molar-refractivity contribution in [2.75, 3.05) is 32.5 Å². The van der Waals surface area contributed by atoms with Crippen LogP contribution < -0.4 is 10.5 Å². The van der Waals surface area contributed by atoms with Crippen molar-refractivity contribution in [1.29, 1.82) is 0 Å². The number of hydrogen-bond donors (Lipinski definition) is 1. The minimum Gasteiger partial charge on any atom is -0.484 e. The maximum absolute atomic E-state index is 12.1. The standard InChI is InChI=1S/C15H20N2O4/c1-20-15(19)11-4-3-7-17(9-11)14(18)10-21-13-6-2-5-12(16)8-13/h2,5-6,8,11H,3-4,7,9-10,16H2,1H3. The van der Waals surface area contributed by atoms with Crippen molar-refractivity contribution >= 4 is 17.6 Å². The third-order valence-corrected chi connectivity index (χ3v) is 3.53. The first-order chi connectivity index (χ1) is 10.1. The Hall–Kier alpha value is -2.24. The van der Waals surface area contributed by atoms with E-state index in [1.807, 2.05) is 0 Å². The highest BCUT2D eigenvalue weighted by Crippen LogP contribution is 2.19. The Bertz CT molecular complexity index is 518. The van der Waals surface area contributed by atoms with Crippen molar-refractivity contribution in [3.63, 3.8) is 0 Å². The highest BCUT2D eigenvalue weighted by Gasteiger charge is 2.29. The fraction of sp³-hybridized carbons (Fsp3) is 0.467. The van der Waals surface area contributed by atoms with Gasteiger partial charge < -0.3 is 20.1 Å². The van der Waals surface area contributed by atoms with Crippen LogP contribution in [0.25, 0.3) is 0 Å². The number of amides is 1. The Morgan fingerprint density at radius 3 is 2.95 bits per heavy atom. The third-order valence-electron chi connectivity index (χ3n) is 3.53. The van der Waals surface area contributed by atoms with Gasteiger partial charge >= 0.3 is 5.97 Å². The lowest BCUT2D eigenvalue weighted by Gasteiger charge is -2.31. The van der Waals surface area contributed by atoms with Gasteiger partial charge in [0, 0.05) is 24.8 Å². The Labute approximate surface area is 123 Å². The summed E-state index contributed by atoms with van der Waals surface area (Å²) in [5.74, 6) is -0.0692. The van der Waals surface area contributed by atoms with Crippen molar-refractivity contribution in [3.05, 3.63) is 24.3 Å². The van der Waals surface area contributed by atoms with E-state index >= 15 is 0 Å². The molecule has 1 unspecified atom stereocenters. The summed E-state index contributed by atoms with van der Waals surface area (Å²) in [6, 6.07) is 6.93. The quantitative estimate of drug-likeness (QED) is 0.663. The number of rotatable bonds is 4. The number of piperidine rings is 1. The number of benzene rings is 1. The molecule has 1 heterocycles. The molecule has 1 aliphatic heterocycles. The van der Waals surface area contributed by atoms with Crippen LogP contribution in [-0.4, -0.2) is 43.6 Å². The molecule has 1 amide bonds. The van der Waals surface area contributed by atoms with E-state index in [2.05, 4.69) is 0 Å². The number of nitrogen functional groups attached to an aromatic ring is 1. The molecule has 1 fully saturated rings. The molecule has 21 heavy (non-hydrogen) atoms. The fourth-order valence-corrected chi connectivity index (χ4v) is 2.40. The molecule has 0 bridgehead atoms. The molecule has 0 saturated carbocycles. The fourth-order valence-electron chi connectivity index (χ4n) is 2.40. The van der Waals surface area contributed by atoms with Gasteiger partial charge in [0.25, 0.3) is 5.91 Å². The second-order valence-corrected chi connectivity index (χ2v) is 5.06. The highest BCUT2D eigenvalue weighted by atomic mass is 16.5. The van der Waals surface area contributed by atoms with Crippen LogP contribution in [0.4, 0.5) is 5.69 Å². The topological polar surface area (TPSA) is 81.9 Å². The van der Waals surface area contributed by atoms with Crippen LogP contribution in [0.15, 0.2) is 24.3 Å². The molecule has 6 heteroatoms. The number of nitrogens with two attached hydrogens (primary N) is 1. The van der Waals surface area contributed by atoms with Crippen LogP contribution in [0.1, 0.15) is 12.8 Å². The number of carbonyl (C=O) groups is 2. The number of esters is 1. The van der Waals surface area contributed by atoms with Gasteiger partial charge in [0.1, 0.15) is 5.75 Å². The second kappa shape index (κ2) is 6.97. The average Bonchev–Trinajstić information content (AvgIpc) is 2.52. The number of methoxy groups -OCH3 is 1. The Kier molecular flexibility index (Phi) is 5.03. The molecule has 0 radical (unpaired) electrons. The van der Waals surface area contributed by atoms with Crippen LogP contribution in [0.5, 0.6) is 5.75 Å². The van der Waals surface area contributed by atoms with E-state index in [0.717, 1.165) is 12.8 Å². The number of hydrogen-bond acceptors (Lipinski definition) is 5. The zero-order valence-electron chi connectivity index (χ0n) is 12.1. The molecule has 0 aliphatic carbocycles. The largest absolute Gasteiger partial charge is 0.484 e. The smallest absolute Gasteiger partial charge is 0.310 e. The Morgan fingerprint density at radius 2 is 2.24 bits per heavy atom. The zero-order valence-corrected chi connectivity index (χ0v) is 12.1. The molecule has 0 aromatic heterocycles. The van der Waals surface area contributed by atoms with Gasteiger partial charge in [-0.2, -0.15) is 0 Å². The van der Waals surface area contributed by atoms with E-state index in [4.69, 9.17) is 15.2 Å². The van der Waals surface area contributed by atoms with Gasteiger partial charge in [-0.3, -0.25) is 9.59 Å². The monoisotopic (exact) mass is 292 g/mol. The van der Waals surface area contributed by atoms with Crippen molar-refractivity contribution in [2.24, 2.45) is 5.92 Å². The molecule has 2 rings (SSSR count). The molecular formula is C15H20N2O4. The van der Waals surface area contributed by atoms with Crippen LogP contribution in [-0.2, 0) is 14.3 Å². The summed E-state index contributed by atoms with van der Waals surface area (Å²) < 4.78 is 10.2. The van der Waals surface area contributed by atoms with E-state index in [0.29, 0.717) is 24.5 Å². The average molecular weight is 292 g/mol. The molecule has 0 spiro atoms. The van der Waals surface area contributed by atoms with Gasteiger partial charge in [-0.1, -0.05) is 6.07 Å². The van der Waals surface area contributed by atoms with Gasteiger partial charge in [0.2, 0.25) is 0 Å². The van der Waals surface area contributed by atoms with Gasteiger partial charge in [-0.05, 0) is 25.0 Å². The lowest BCUT2D eigenvalue weighted by atomic mass is 9.98. The van der Waals surface area contributed by atoms with Crippen molar-refractivity contribution in [2.45, 2.75) is 12.8 Å². The first kappa shape index (κ1) is 15.2. The number of anilines is 1. The van der Waals surface area contributed by atoms with E-state index < -0.39 is 0 Å². The zero-order chi connectivity index (χ0) is 15.2. The summed E-state index contributed by atoms with van der Waals surface area (Å²) in [4.78, 5) is 25.3. The first-order valence-corrected chi connectivity index (χ1v) is 6.94. The summed E-state index contributed by atoms with van der Waals surface area (Å²) in [7, 11) is 1.37. The van der Waals surface area contributed by atoms with Gasteiger partial charge in [-0.15, -0.1) is 0 Å². The first-order valence-electron chi connectivity index (χ1n) is 6.94.